The molecule has 0 spiro atoms. The van der Waals surface area contributed by atoms with Crippen LogP contribution in [0.15, 0.2) is 24.3 Å². The highest BCUT2D eigenvalue weighted by atomic mass is 31.2. The number of ether oxygens (including phenoxy) is 2. The summed E-state index contributed by atoms with van der Waals surface area (Å²) in [6.07, 6.45) is 7.39. The van der Waals surface area contributed by atoms with Crippen LogP contribution in [0.5, 0.6) is 0 Å². The molecule has 0 bridgehead atoms. The van der Waals surface area contributed by atoms with E-state index < -0.39 is 19.8 Å². The molecule has 0 unspecified atom stereocenters. The molecule has 0 aliphatic heterocycles. The van der Waals surface area contributed by atoms with E-state index in [-0.39, 0.29) is 26.4 Å². The summed E-state index contributed by atoms with van der Waals surface area (Å²) in [7, 11) is -3.69. The quantitative estimate of drug-likeness (QED) is 0.0872. The lowest BCUT2D eigenvalue weighted by atomic mass is 10.2. The van der Waals surface area contributed by atoms with Gasteiger partial charge in [0.15, 0.2) is 0 Å². The van der Waals surface area contributed by atoms with Crippen molar-refractivity contribution in [3.63, 3.8) is 0 Å². The zero-order valence-corrected chi connectivity index (χ0v) is 20.9. The molecule has 32 heavy (non-hydrogen) atoms. The number of carbonyl (C=O) groups is 2. The van der Waals surface area contributed by atoms with E-state index in [0.717, 1.165) is 32.1 Å². The molecule has 0 rings (SSSR count). The first-order valence-corrected chi connectivity index (χ1v) is 12.9. The average molecular weight is 477 g/mol. The van der Waals surface area contributed by atoms with Gasteiger partial charge in [-0.15, -0.1) is 0 Å². The van der Waals surface area contributed by atoms with Crippen molar-refractivity contribution >= 4 is 19.8 Å². The van der Waals surface area contributed by atoms with E-state index in [9.17, 15) is 14.2 Å². The van der Waals surface area contributed by atoms with Gasteiger partial charge in [0.05, 0.1) is 33.0 Å². The first-order valence-electron chi connectivity index (χ1n) is 11.4. The zero-order valence-electron chi connectivity index (χ0n) is 20.0. The minimum atomic E-state index is -3.69. The van der Waals surface area contributed by atoms with Gasteiger partial charge in [-0.2, -0.15) is 0 Å². The van der Waals surface area contributed by atoms with Crippen LogP contribution in [-0.2, 0) is 37.2 Å². The fourth-order valence-electron chi connectivity index (χ4n) is 2.33. The fraction of sp³-hybridized carbons (Fsp3) is 0.739. The van der Waals surface area contributed by atoms with Crippen molar-refractivity contribution in [1.82, 2.24) is 0 Å². The van der Waals surface area contributed by atoms with Crippen LogP contribution in [0, 0.1) is 0 Å². The van der Waals surface area contributed by atoms with Crippen LogP contribution in [-0.4, -0.2) is 45.0 Å². The summed E-state index contributed by atoms with van der Waals surface area (Å²) < 4.78 is 39.3. The first-order chi connectivity index (χ1) is 15.2. The van der Waals surface area contributed by atoms with E-state index in [2.05, 4.69) is 20.1 Å². The molecule has 0 radical (unpaired) electrons. The predicted octanol–water partition coefficient (Wildman–Crippen LogP) is 5.91. The monoisotopic (exact) mass is 476 g/mol. The van der Waals surface area contributed by atoms with Crippen LogP contribution in [0.2, 0.25) is 0 Å². The molecule has 0 aromatic rings. The van der Waals surface area contributed by atoms with E-state index in [1.807, 2.05) is 0 Å². The maximum absolute atomic E-state index is 12.9. The van der Waals surface area contributed by atoms with Crippen molar-refractivity contribution < 1.29 is 37.2 Å². The number of esters is 2. The van der Waals surface area contributed by atoms with Crippen molar-refractivity contribution in [3.05, 3.63) is 24.3 Å². The van der Waals surface area contributed by atoms with Crippen molar-refractivity contribution in [3.8, 4) is 0 Å². The van der Waals surface area contributed by atoms with E-state index in [1.54, 1.807) is 13.8 Å². The van der Waals surface area contributed by atoms with Crippen molar-refractivity contribution in [1.29, 1.82) is 0 Å². The summed E-state index contributed by atoms with van der Waals surface area (Å²) in [5, 5.41) is 0. The summed E-state index contributed by atoms with van der Waals surface area (Å²) >= 11 is 0. The maximum atomic E-state index is 12.9. The molecule has 0 heterocycles. The molecule has 0 fully saturated rings. The van der Waals surface area contributed by atoms with Crippen LogP contribution in [0.3, 0.4) is 0 Å². The van der Waals surface area contributed by atoms with Crippen LogP contribution < -0.4 is 0 Å². The zero-order chi connectivity index (χ0) is 24.2. The summed E-state index contributed by atoms with van der Waals surface area (Å²) in [6, 6.07) is 0. The predicted molar refractivity (Wildman–Crippen MR) is 124 cm³/mol. The molecule has 186 valence electrons. The summed E-state index contributed by atoms with van der Waals surface area (Å²) in [5.74, 6) is -0.861. The van der Waals surface area contributed by atoms with Crippen LogP contribution in [0.1, 0.15) is 78.6 Å². The number of hydrogen-bond acceptors (Lipinski definition) is 8. The first kappa shape index (κ1) is 30.5. The average Bonchev–Trinajstić information content (AvgIpc) is 2.75. The Morgan fingerprint density at radius 3 is 1.34 bits per heavy atom. The Kier molecular flexibility index (Phi) is 18.2. The van der Waals surface area contributed by atoms with Gasteiger partial charge in [-0.25, -0.2) is 14.2 Å². The largest absolute Gasteiger partial charge is 0.474 e. The molecule has 0 aromatic carbocycles. The Hall–Kier alpha value is -1.47. The van der Waals surface area contributed by atoms with E-state index >= 15 is 0 Å². The van der Waals surface area contributed by atoms with Crippen LogP contribution in [0.25, 0.3) is 0 Å². The van der Waals surface area contributed by atoms with Gasteiger partial charge in [-0.1, -0.05) is 45.8 Å². The minimum Gasteiger partial charge on any atom is -0.462 e. The molecular weight excluding hydrogens is 435 g/mol. The second kappa shape index (κ2) is 19.0. The van der Waals surface area contributed by atoms with Crippen LogP contribution >= 0.6 is 7.82 Å². The third kappa shape index (κ3) is 17.1. The highest BCUT2D eigenvalue weighted by Crippen LogP contribution is 2.49. The van der Waals surface area contributed by atoms with E-state index in [1.165, 1.54) is 0 Å². The summed E-state index contributed by atoms with van der Waals surface area (Å²) in [5.41, 5.74) is 0.696. The van der Waals surface area contributed by atoms with Crippen LogP contribution in [0.4, 0.5) is 0 Å². The molecule has 0 aromatic heterocycles. The lowest BCUT2D eigenvalue weighted by Gasteiger charge is -2.18. The van der Waals surface area contributed by atoms with Gasteiger partial charge in [0.2, 0.25) is 0 Å². The Morgan fingerprint density at radius 1 is 0.625 bits per heavy atom. The van der Waals surface area contributed by atoms with Gasteiger partial charge < -0.3 is 9.47 Å². The molecule has 0 atom stereocenters. The fourth-order valence-corrected chi connectivity index (χ4v) is 3.61. The Morgan fingerprint density at radius 2 is 0.969 bits per heavy atom. The normalized spacial score (nSPS) is 11.2. The Bertz CT molecular complexity index is 575. The molecule has 0 aliphatic carbocycles. The van der Waals surface area contributed by atoms with E-state index in [4.69, 9.17) is 23.0 Å². The number of phosphoric acid groups is 1. The lowest BCUT2D eigenvalue weighted by molar-refractivity contribution is -0.139. The molecular formula is C23H41O8P. The molecule has 0 aliphatic rings. The topological polar surface area (TPSA) is 97.4 Å². The summed E-state index contributed by atoms with van der Waals surface area (Å²) in [6.45, 7) is 13.5. The van der Waals surface area contributed by atoms with Gasteiger partial charge in [0.25, 0.3) is 0 Å². The standard InChI is InChI=1S/C23H41O8P/c1-6-7-8-9-10-17-29-32(26,30-18-13-11-15-27-22(24)20(2)3)31-19-14-12-16-28-23(25)21(4)5/h2,4,6-19H2,1,3,5H3. The molecule has 0 N–H and O–H groups in total. The van der Waals surface area contributed by atoms with Crippen molar-refractivity contribution in [2.45, 2.75) is 78.6 Å². The van der Waals surface area contributed by atoms with Gasteiger partial charge in [-0.05, 0) is 46.0 Å². The number of hydrogen-bond donors (Lipinski definition) is 0. The summed E-state index contributed by atoms with van der Waals surface area (Å²) in [4.78, 5) is 22.7. The molecule has 9 heteroatoms. The van der Waals surface area contributed by atoms with Gasteiger partial charge >= 0.3 is 19.8 Å². The Labute approximate surface area is 193 Å². The second-order valence-corrected chi connectivity index (χ2v) is 9.28. The third-order valence-electron chi connectivity index (χ3n) is 4.24. The highest BCUT2D eigenvalue weighted by Gasteiger charge is 2.26. The lowest BCUT2D eigenvalue weighted by Crippen LogP contribution is -2.08. The number of phosphoric ester groups is 1. The third-order valence-corrected chi connectivity index (χ3v) is 5.73. The maximum Gasteiger partial charge on any atom is 0.474 e. The molecule has 0 saturated heterocycles. The highest BCUT2D eigenvalue weighted by molar-refractivity contribution is 7.48. The molecule has 8 nitrogen and oxygen atoms in total. The van der Waals surface area contributed by atoms with Crippen molar-refractivity contribution in [2.24, 2.45) is 0 Å². The smallest absolute Gasteiger partial charge is 0.462 e. The van der Waals surface area contributed by atoms with Gasteiger partial charge in [0.1, 0.15) is 0 Å². The SMILES string of the molecule is C=C(C)C(=O)OCCCCOP(=O)(OCCCCCCC)OCCCCOC(=O)C(=C)C. The van der Waals surface area contributed by atoms with Gasteiger partial charge in [0, 0.05) is 11.1 Å². The van der Waals surface area contributed by atoms with E-state index in [0.29, 0.717) is 43.4 Å². The van der Waals surface area contributed by atoms with Crippen molar-refractivity contribution in [2.75, 3.05) is 33.0 Å². The number of unbranched alkanes of at least 4 members (excludes halogenated alkanes) is 6. The number of carbonyl (C=O) groups excluding carboxylic acids is 2. The molecule has 0 saturated carbocycles. The Balaban J connectivity index is 4.27. The number of rotatable bonds is 21. The second-order valence-electron chi connectivity index (χ2n) is 7.61. The van der Waals surface area contributed by atoms with Gasteiger partial charge in [-0.3, -0.25) is 13.6 Å². The molecule has 0 amide bonds. The minimum absolute atomic E-state index is 0.161.